The Balaban J connectivity index is 2.86. The summed E-state index contributed by atoms with van der Waals surface area (Å²) in [5.41, 5.74) is 6.88. The summed E-state index contributed by atoms with van der Waals surface area (Å²) in [5.74, 6) is 0.478. The van der Waals surface area contributed by atoms with E-state index in [2.05, 4.69) is 0 Å². The lowest BCUT2D eigenvalue weighted by atomic mass is 9.89. The summed E-state index contributed by atoms with van der Waals surface area (Å²) in [7, 11) is 3.21. The molecule has 0 aliphatic carbocycles. The third-order valence-electron chi connectivity index (χ3n) is 3.84. The summed E-state index contributed by atoms with van der Waals surface area (Å²) in [4.78, 5) is 11.1. The van der Waals surface area contributed by atoms with Crippen LogP contribution in [0.3, 0.4) is 0 Å². The van der Waals surface area contributed by atoms with Gasteiger partial charge in [0.1, 0.15) is 11.5 Å². The first-order chi connectivity index (χ1) is 10.0. The molecule has 0 saturated heterocycles. The number of nitrogens with two attached hydrogens (primary N) is 1. The second kappa shape index (κ2) is 8.52. The van der Waals surface area contributed by atoms with Gasteiger partial charge in [-0.15, -0.1) is 0 Å². The zero-order valence-corrected chi connectivity index (χ0v) is 13.0. The number of methoxy groups -OCH3 is 2. The predicted octanol–water partition coefficient (Wildman–Crippen LogP) is 2.64. The van der Waals surface area contributed by atoms with Crippen LogP contribution in [-0.4, -0.2) is 31.8 Å². The molecular formula is C16H25NO4. The second-order valence-electron chi connectivity index (χ2n) is 5.10. The van der Waals surface area contributed by atoms with Gasteiger partial charge in [-0.05, 0) is 49.4 Å². The minimum absolute atomic E-state index is 0.0994. The molecule has 5 nitrogen and oxygen atoms in total. The van der Waals surface area contributed by atoms with Crippen LogP contribution in [0.2, 0.25) is 0 Å². The molecule has 0 aliphatic heterocycles. The molecule has 0 spiro atoms. The Bertz CT molecular complexity index is 439. The molecule has 0 heterocycles. The highest BCUT2D eigenvalue weighted by atomic mass is 16.5. The number of hydrogen-bond donors (Lipinski definition) is 2. The van der Waals surface area contributed by atoms with E-state index in [9.17, 15) is 4.79 Å². The van der Waals surface area contributed by atoms with E-state index < -0.39 is 5.97 Å². The van der Waals surface area contributed by atoms with Gasteiger partial charge in [0.2, 0.25) is 0 Å². The number of aliphatic carboxylic acids is 1. The van der Waals surface area contributed by atoms with E-state index in [-0.39, 0.29) is 11.8 Å². The molecule has 2 atom stereocenters. The Labute approximate surface area is 126 Å². The van der Waals surface area contributed by atoms with Gasteiger partial charge in [0.05, 0.1) is 20.1 Å². The summed E-state index contributed by atoms with van der Waals surface area (Å²) in [6.07, 6.45) is 1.99. The van der Waals surface area contributed by atoms with Gasteiger partial charge in [-0.3, -0.25) is 4.79 Å². The zero-order chi connectivity index (χ0) is 15.8. The van der Waals surface area contributed by atoms with Gasteiger partial charge in [0.15, 0.2) is 0 Å². The van der Waals surface area contributed by atoms with Crippen molar-refractivity contribution in [2.75, 3.05) is 20.8 Å². The van der Waals surface area contributed by atoms with Crippen LogP contribution < -0.4 is 15.2 Å². The summed E-state index contributed by atoms with van der Waals surface area (Å²) < 4.78 is 10.5. The SMILES string of the molecule is CCC(CCC(CN)c1cc(OC)cc(OC)c1)C(=O)O. The maximum atomic E-state index is 11.1. The summed E-state index contributed by atoms with van der Waals surface area (Å²) >= 11 is 0. The number of hydrogen-bond acceptors (Lipinski definition) is 4. The van der Waals surface area contributed by atoms with Crippen molar-refractivity contribution in [3.05, 3.63) is 23.8 Å². The third-order valence-corrected chi connectivity index (χ3v) is 3.84. The van der Waals surface area contributed by atoms with E-state index in [0.717, 1.165) is 12.0 Å². The number of benzene rings is 1. The maximum Gasteiger partial charge on any atom is 0.306 e. The van der Waals surface area contributed by atoms with Crippen molar-refractivity contribution in [1.29, 1.82) is 0 Å². The number of carboxylic acids is 1. The molecule has 0 amide bonds. The first-order valence-corrected chi connectivity index (χ1v) is 7.21. The fourth-order valence-electron chi connectivity index (χ4n) is 2.39. The quantitative estimate of drug-likeness (QED) is 0.732. The maximum absolute atomic E-state index is 11.1. The lowest BCUT2D eigenvalue weighted by Crippen LogP contribution is -2.17. The standard InChI is InChI=1S/C16H25NO4/c1-4-11(16(18)19)5-6-12(10-17)13-7-14(20-2)9-15(8-13)21-3/h7-9,11-12H,4-6,10,17H2,1-3H3,(H,18,19). The van der Waals surface area contributed by atoms with E-state index in [1.54, 1.807) is 14.2 Å². The first-order valence-electron chi connectivity index (χ1n) is 7.21. The van der Waals surface area contributed by atoms with Crippen LogP contribution in [0.15, 0.2) is 18.2 Å². The van der Waals surface area contributed by atoms with Crippen LogP contribution in [-0.2, 0) is 4.79 Å². The van der Waals surface area contributed by atoms with Gasteiger partial charge in [-0.25, -0.2) is 0 Å². The number of ether oxygens (including phenoxy) is 2. The Morgan fingerprint density at radius 3 is 2.14 bits per heavy atom. The summed E-state index contributed by atoms with van der Waals surface area (Å²) in [6, 6.07) is 5.67. The predicted molar refractivity (Wildman–Crippen MR) is 82.0 cm³/mol. The van der Waals surface area contributed by atoms with Crippen LogP contribution in [0.4, 0.5) is 0 Å². The Morgan fingerprint density at radius 1 is 1.19 bits per heavy atom. The van der Waals surface area contributed by atoms with Crippen LogP contribution in [0.25, 0.3) is 0 Å². The Morgan fingerprint density at radius 2 is 1.76 bits per heavy atom. The smallest absolute Gasteiger partial charge is 0.306 e. The van der Waals surface area contributed by atoms with E-state index in [4.69, 9.17) is 20.3 Å². The molecule has 0 aliphatic rings. The second-order valence-corrected chi connectivity index (χ2v) is 5.10. The molecule has 21 heavy (non-hydrogen) atoms. The molecule has 118 valence electrons. The van der Waals surface area contributed by atoms with Gasteiger partial charge >= 0.3 is 5.97 Å². The average Bonchev–Trinajstić information content (AvgIpc) is 2.50. The highest BCUT2D eigenvalue weighted by Crippen LogP contribution is 2.30. The molecule has 0 saturated carbocycles. The zero-order valence-electron chi connectivity index (χ0n) is 13.0. The molecule has 1 aromatic rings. The van der Waals surface area contributed by atoms with Gasteiger partial charge in [-0.2, -0.15) is 0 Å². The van der Waals surface area contributed by atoms with E-state index in [1.165, 1.54) is 0 Å². The number of carbonyl (C=O) groups is 1. The molecule has 0 bridgehead atoms. The van der Waals surface area contributed by atoms with Gasteiger partial charge < -0.3 is 20.3 Å². The summed E-state index contributed by atoms with van der Waals surface area (Å²) in [5, 5.41) is 9.12. The third kappa shape index (κ3) is 4.93. The van der Waals surface area contributed by atoms with Crippen LogP contribution in [0.1, 0.15) is 37.7 Å². The molecule has 1 rings (SSSR count). The van der Waals surface area contributed by atoms with Crippen LogP contribution >= 0.6 is 0 Å². The molecular weight excluding hydrogens is 270 g/mol. The fraction of sp³-hybridized carbons (Fsp3) is 0.562. The number of carboxylic acid groups (broad SMARTS) is 1. The first kappa shape index (κ1) is 17.3. The van der Waals surface area contributed by atoms with Crippen molar-refractivity contribution in [2.24, 2.45) is 11.7 Å². The Hall–Kier alpha value is -1.75. The molecule has 0 radical (unpaired) electrons. The normalized spacial score (nSPS) is 13.5. The number of rotatable bonds is 9. The van der Waals surface area contributed by atoms with Crippen molar-refractivity contribution in [3.63, 3.8) is 0 Å². The minimum atomic E-state index is -0.739. The van der Waals surface area contributed by atoms with Crippen molar-refractivity contribution in [1.82, 2.24) is 0 Å². The monoisotopic (exact) mass is 295 g/mol. The van der Waals surface area contributed by atoms with E-state index >= 15 is 0 Å². The van der Waals surface area contributed by atoms with Gasteiger partial charge in [0.25, 0.3) is 0 Å². The molecule has 5 heteroatoms. The van der Waals surface area contributed by atoms with Gasteiger partial charge in [-0.1, -0.05) is 6.92 Å². The molecule has 1 aromatic carbocycles. The highest BCUT2D eigenvalue weighted by molar-refractivity contribution is 5.69. The largest absolute Gasteiger partial charge is 0.497 e. The van der Waals surface area contributed by atoms with E-state index in [1.807, 2.05) is 25.1 Å². The van der Waals surface area contributed by atoms with Crippen molar-refractivity contribution in [2.45, 2.75) is 32.1 Å². The minimum Gasteiger partial charge on any atom is -0.497 e. The fourth-order valence-corrected chi connectivity index (χ4v) is 2.39. The molecule has 2 unspecified atom stereocenters. The average molecular weight is 295 g/mol. The van der Waals surface area contributed by atoms with Crippen molar-refractivity contribution in [3.8, 4) is 11.5 Å². The van der Waals surface area contributed by atoms with Crippen molar-refractivity contribution < 1.29 is 19.4 Å². The lowest BCUT2D eigenvalue weighted by Gasteiger charge is -2.19. The molecule has 0 fully saturated rings. The molecule has 3 N–H and O–H groups in total. The van der Waals surface area contributed by atoms with Gasteiger partial charge in [0, 0.05) is 6.07 Å². The highest BCUT2D eigenvalue weighted by Gasteiger charge is 2.19. The molecule has 0 aromatic heterocycles. The summed E-state index contributed by atoms with van der Waals surface area (Å²) in [6.45, 7) is 2.36. The van der Waals surface area contributed by atoms with Crippen molar-refractivity contribution >= 4 is 5.97 Å². The van der Waals surface area contributed by atoms with E-state index in [0.29, 0.717) is 30.9 Å². The van der Waals surface area contributed by atoms with Crippen LogP contribution in [0.5, 0.6) is 11.5 Å². The van der Waals surface area contributed by atoms with Crippen LogP contribution in [0, 0.1) is 5.92 Å². The lowest BCUT2D eigenvalue weighted by molar-refractivity contribution is -0.142. The Kier molecular flexibility index (Phi) is 7.02. The topological polar surface area (TPSA) is 81.8 Å².